The SMILES string of the molecule is Cc1cc2c(cc1N1c3ccc(-c4ccccc4)cc3B3c4cc5c(cc4N(c4ccc(C(C)(C)C)cc4-c4ccccc4)c4cc(N6c7ccc(-c8ccc(C(C)(C)C)cc8)cc7C7(C)CCCCC67C)cc1c43)C(C)(C)CCC5(C)C)C(C)(C)CC2(C)C. The normalized spacial score (nSPS) is 21.2. The predicted octanol–water partition coefficient (Wildman–Crippen LogP) is 21.7. The summed E-state index contributed by atoms with van der Waals surface area (Å²) in [5.41, 5.74) is 33.0. The summed E-state index contributed by atoms with van der Waals surface area (Å²) < 4.78 is 0. The minimum Gasteiger partial charge on any atom is -0.334 e. The third kappa shape index (κ3) is 8.78. The van der Waals surface area contributed by atoms with E-state index in [1.54, 1.807) is 0 Å². The summed E-state index contributed by atoms with van der Waals surface area (Å²) in [6.45, 7) is 41.6. The van der Waals surface area contributed by atoms with E-state index in [0.717, 1.165) is 32.1 Å². The van der Waals surface area contributed by atoms with Crippen molar-refractivity contribution in [1.82, 2.24) is 0 Å². The van der Waals surface area contributed by atoms with Crippen LogP contribution >= 0.6 is 0 Å². The molecule has 0 aromatic heterocycles. The van der Waals surface area contributed by atoms with Gasteiger partial charge in [-0.15, -0.1) is 0 Å². The van der Waals surface area contributed by atoms with E-state index < -0.39 is 0 Å². The van der Waals surface area contributed by atoms with Gasteiger partial charge in [-0.05, 0) is 222 Å². The van der Waals surface area contributed by atoms with Crippen LogP contribution in [-0.4, -0.2) is 12.3 Å². The van der Waals surface area contributed by atoms with E-state index in [1.165, 1.54) is 153 Å². The zero-order chi connectivity index (χ0) is 63.2. The number of hydrogen-bond donors (Lipinski definition) is 0. The maximum atomic E-state index is 2.88. The highest BCUT2D eigenvalue weighted by Crippen LogP contribution is 2.63. The van der Waals surface area contributed by atoms with Crippen LogP contribution in [0.5, 0.6) is 0 Å². The maximum absolute atomic E-state index is 2.88. The number of aryl methyl sites for hydroxylation is 1. The van der Waals surface area contributed by atoms with Gasteiger partial charge < -0.3 is 14.7 Å². The number of benzene rings is 9. The van der Waals surface area contributed by atoms with Crippen molar-refractivity contribution in [3.05, 3.63) is 220 Å². The van der Waals surface area contributed by atoms with Crippen LogP contribution in [0.25, 0.3) is 33.4 Å². The molecule has 4 heteroatoms. The number of anilines is 8. The molecule has 1 saturated carbocycles. The Hall–Kier alpha value is -7.56. The molecule has 456 valence electrons. The molecule has 1 fully saturated rings. The molecule has 0 radical (unpaired) electrons. The fraction of sp³-hybridized carbons (Fsp3) is 0.372. The average Bonchev–Trinajstić information content (AvgIpc) is 1.08. The molecular formula is C86H94BN3. The van der Waals surface area contributed by atoms with Crippen molar-refractivity contribution in [2.24, 2.45) is 0 Å². The molecule has 6 aliphatic rings. The molecule has 9 aromatic carbocycles. The predicted molar refractivity (Wildman–Crippen MR) is 388 cm³/mol. The Kier molecular flexibility index (Phi) is 12.9. The van der Waals surface area contributed by atoms with Crippen LogP contribution < -0.4 is 31.1 Å². The molecule has 3 aliphatic carbocycles. The Morgan fingerprint density at radius 1 is 0.367 bits per heavy atom. The molecule has 2 unspecified atom stereocenters. The quantitative estimate of drug-likeness (QED) is 0.154. The molecule has 3 nitrogen and oxygen atoms in total. The summed E-state index contributed by atoms with van der Waals surface area (Å²) in [4.78, 5) is 8.43. The van der Waals surface area contributed by atoms with Crippen molar-refractivity contribution < 1.29 is 0 Å². The van der Waals surface area contributed by atoms with Crippen molar-refractivity contribution >= 4 is 68.6 Å². The molecule has 90 heavy (non-hydrogen) atoms. The molecule has 0 amide bonds. The highest BCUT2D eigenvalue weighted by atomic mass is 15.3. The van der Waals surface area contributed by atoms with Crippen LogP contribution in [0.15, 0.2) is 176 Å². The second kappa shape index (κ2) is 19.7. The minimum atomic E-state index is -0.223. The summed E-state index contributed by atoms with van der Waals surface area (Å²) in [5, 5.41) is 0. The topological polar surface area (TPSA) is 9.72 Å². The van der Waals surface area contributed by atoms with Crippen molar-refractivity contribution in [2.75, 3.05) is 14.7 Å². The van der Waals surface area contributed by atoms with E-state index in [4.69, 9.17) is 0 Å². The van der Waals surface area contributed by atoms with E-state index in [2.05, 4.69) is 308 Å². The van der Waals surface area contributed by atoms with Gasteiger partial charge in [0.1, 0.15) is 0 Å². The van der Waals surface area contributed by atoms with Gasteiger partial charge >= 0.3 is 0 Å². The van der Waals surface area contributed by atoms with Crippen LogP contribution in [0, 0.1) is 6.92 Å². The number of hydrogen-bond acceptors (Lipinski definition) is 3. The fourth-order valence-electron chi connectivity index (χ4n) is 18.4. The molecular weight excluding hydrogens is 1090 g/mol. The van der Waals surface area contributed by atoms with E-state index in [0.29, 0.717) is 0 Å². The molecule has 9 aromatic rings. The Labute approximate surface area is 540 Å². The Balaban J connectivity index is 1.09. The van der Waals surface area contributed by atoms with Gasteiger partial charge in [0.25, 0.3) is 6.71 Å². The molecule has 0 N–H and O–H groups in total. The molecule has 3 heterocycles. The first kappa shape index (κ1) is 58.8. The van der Waals surface area contributed by atoms with Crippen LogP contribution in [0.2, 0.25) is 0 Å². The van der Waals surface area contributed by atoms with Crippen molar-refractivity contribution in [2.45, 2.75) is 206 Å². The lowest BCUT2D eigenvalue weighted by Gasteiger charge is -2.51. The van der Waals surface area contributed by atoms with Crippen LogP contribution in [-0.2, 0) is 37.9 Å². The molecule has 0 bridgehead atoms. The first-order chi connectivity index (χ1) is 42.5. The fourth-order valence-corrected chi connectivity index (χ4v) is 18.4. The van der Waals surface area contributed by atoms with Gasteiger partial charge in [-0.2, -0.15) is 0 Å². The van der Waals surface area contributed by atoms with Gasteiger partial charge in [-0.25, -0.2) is 0 Å². The van der Waals surface area contributed by atoms with E-state index in [9.17, 15) is 0 Å². The van der Waals surface area contributed by atoms with Gasteiger partial charge in [0.05, 0.1) is 11.2 Å². The zero-order valence-electron chi connectivity index (χ0n) is 57.1. The Morgan fingerprint density at radius 3 is 1.49 bits per heavy atom. The van der Waals surface area contributed by atoms with E-state index in [1.807, 2.05) is 0 Å². The van der Waals surface area contributed by atoms with Crippen molar-refractivity contribution in [3.63, 3.8) is 0 Å². The zero-order valence-corrected chi connectivity index (χ0v) is 57.1. The monoisotopic (exact) mass is 1180 g/mol. The highest BCUT2D eigenvalue weighted by Gasteiger charge is 2.59. The summed E-state index contributed by atoms with van der Waals surface area (Å²) in [5.74, 6) is 0. The average molecular weight is 1180 g/mol. The summed E-state index contributed by atoms with van der Waals surface area (Å²) in [6.07, 6.45) is 8.04. The summed E-state index contributed by atoms with van der Waals surface area (Å²) in [6, 6.07) is 70.5. The molecule has 0 spiro atoms. The minimum absolute atomic E-state index is 0.00385. The smallest absolute Gasteiger partial charge is 0.252 e. The largest absolute Gasteiger partial charge is 0.334 e. The van der Waals surface area contributed by atoms with Crippen molar-refractivity contribution in [1.29, 1.82) is 0 Å². The second-order valence-electron chi connectivity index (χ2n) is 33.6. The lowest BCUT2D eigenvalue weighted by Crippen LogP contribution is -2.62. The van der Waals surface area contributed by atoms with E-state index >= 15 is 0 Å². The molecule has 15 rings (SSSR count). The van der Waals surface area contributed by atoms with Crippen LogP contribution in [0.4, 0.5) is 45.5 Å². The molecule has 0 saturated heterocycles. The maximum Gasteiger partial charge on any atom is 0.252 e. The van der Waals surface area contributed by atoms with Crippen molar-refractivity contribution in [3.8, 4) is 33.4 Å². The van der Waals surface area contributed by atoms with Gasteiger partial charge in [0.2, 0.25) is 0 Å². The van der Waals surface area contributed by atoms with E-state index in [-0.39, 0.29) is 50.2 Å². The first-order valence-electron chi connectivity index (χ1n) is 34.1. The van der Waals surface area contributed by atoms with Gasteiger partial charge in [0, 0.05) is 50.8 Å². The standard InChI is InChI=1S/C86H94BN3/c1-54-44-64-67(84(14,15)53-83(64,12)13)51-74(54)89-73-38-33-59(55-26-20-18-21-27-55)46-69(73)87-70-50-65-66(82(10,11)43-42-81(65,8)9)52-75(70)88(71-39-36-61(80(5,6)7)47-63(71)57-28-22-19-23-29-57)76-48-62(49-77(89)78(76)87)90-72-37-32-58(56-30-34-60(35-31-56)79(2,3)4)45-68(72)85(16)40-24-25-41-86(85,90)17/h18-23,26-39,44-52H,24-25,40-43,53H2,1-17H3. The molecule has 2 atom stereocenters. The third-order valence-corrected chi connectivity index (χ3v) is 23.7. The summed E-state index contributed by atoms with van der Waals surface area (Å²) >= 11 is 0. The number of rotatable bonds is 6. The lowest BCUT2D eigenvalue weighted by molar-refractivity contribution is 0.195. The first-order valence-corrected chi connectivity index (χ1v) is 34.1. The van der Waals surface area contributed by atoms with Gasteiger partial charge in [-0.3, -0.25) is 0 Å². The van der Waals surface area contributed by atoms with Gasteiger partial charge in [0.15, 0.2) is 0 Å². The van der Waals surface area contributed by atoms with Crippen LogP contribution in [0.3, 0.4) is 0 Å². The highest BCUT2D eigenvalue weighted by molar-refractivity contribution is 7.00. The Bertz CT molecular complexity index is 4410. The number of fused-ring (bicyclic) bond motifs is 9. The third-order valence-electron chi connectivity index (χ3n) is 23.7. The Morgan fingerprint density at radius 2 is 0.856 bits per heavy atom. The summed E-state index contributed by atoms with van der Waals surface area (Å²) in [7, 11) is 0. The second-order valence-corrected chi connectivity index (χ2v) is 33.6. The molecule has 3 aliphatic heterocycles. The lowest BCUT2D eigenvalue weighted by atomic mass is 9.33. The van der Waals surface area contributed by atoms with Gasteiger partial charge in [-0.1, -0.05) is 238 Å². The van der Waals surface area contributed by atoms with Crippen LogP contribution in [0.1, 0.15) is 200 Å². The number of nitrogens with zero attached hydrogens (tertiary/aromatic N) is 3.